The molecule has 0 aliphatic heterocycles. The first kappa shape index (κ1) is 20.4. The van der Waals surface area contributed by atoms with Crippen LogP contribution >= 0.6 is 11.8 Å². The Balaban J connectivity index is 1.52. The van der Waals surface area contributed by atoms with Crippen molar-refractivity contribution >= 4 is 17.7 Å². The number of carbonyl (C=O) groups is 1. The molecule has 7 nitrogen and oxygen atoms in total. The summed E-state index contributed by atoms with van der Waals surface area (Å²) in [5.74, 6) is 1.70. The third kappa shape index (κ3) is 5.12. The first-order valence-corrected chi connectivity index (χ1v) is 9.94. The molecule has 152 valence electrons. The van der Waals surface area contributed by atoms with Gasteiger partial charge in [0.1, 0.15) is 5.82 Å². The smallest absolute Gasteiger partial charge is 0.387 e. The van der Waals surface area contributed by atoms with Crippen molar-refractivity contribution in [2.45, 2.75) is 50.5 Å². The Hall–Kier alpha value is -2.36. The van der Waals surface area contributed by atoms with Gasteiger partial charge in [-0.15, -0.1) is 10.2 Å². The van der Waals surface area contributed by atoms with Gasteiger partial charge in [-0.3, -0.25) is 4.79 Å². The molecule has 2 aromatic rings. The van der Waals surface area contributed by atoms with Gasteiger partial charge in [0, 0.05) is 19.0 Å². The maximum atomic E-state index is 12.4. The van der Waals surface area contributed by atoms with E-state index in [-0.39, 0.29) is 29.7 Å². The average molecular weight is 412 g/mol. The van der Waals surface area contributed by atoms with Crippen LogP contribution in [-0.2, 0) is 17.9 Å². The molecule has 1 heterocycles. The minimum atomic E-state index is -2.93. The van der Waals surface area contributed by atoms with Crippen LogP contribution in [0.4, 0.5) is 8.78 Å². The Bertz CT molecular complexity index is 827. The maximum Gasteiger partial charge on any atom is 0.387 e. The number of alkyl halides is 2. The number of amides is 1. The monoisotopic (exact) mass is 412 g/mol. The summed E-state index contributed by atoms with van der Waals surface area (Å²) in [7, 11) is 1.37. The Morgan fingerprint density at radius 2 is 2.14 bits per heavy atom. The molecule has 1 aromatic heterocycles. The normalized spacial score (nSPS) is 13.6. The molecule has 1 aliphatic rings. The molecule has 1 aliphatic carbocycles. The Morgan fingerprint density at radius 1 is 1.36 bits per heavy atom. The Labute approximate surface area is 165 Å². The topological polar surface area (TPSA) is 78.3 Å². The molecule has 1 fully saturated rings. The van der Waals surface area contributed by atoms with E-state index in [9.17, 15) is 13.6 Å². The summed E-state index contributed by atoms with van der Waals surface area (Å²) < 4.78 is 36.2. The van der Waals surface area contributed by atoms with Crippen molar-refractivity contribution < 1.29 is 23.0 Å². The standard InChI is InChI=1S/C18H22F2N4O3S/c1-3-24-16(12-5-6-12)22-23-18(24)28-10-15(25)21-9-11-4-7-13(27-17(19)20)14(8-11)26-2/h4,7-8,12,17H,3,5-6,9-10H2,1-2H3,(H,21,25). The van der Waals surface area contributed by atoms with E-state index in [2.05, 4.69) is 24.8 Å². The molecular formula is C18H22F2N4O3S. The Morgan fingerprint density at radius 3 is 2.79 bits per heavy atom. The molecule has 0 atom stereocenters. The fraction of sp³-hybridized carbons (Fsp3) is 0.500. The van der Waals surface area contributed by atoms with E-state index in [0.717, 1.165) is 30.4 Å². The minimum Gasteiger partial charge on any atom is -0.493 e. The van der Waals surface area contributed by atoms with Crippen molar-refractivity contribution in [2.75, 3.05) is 12.9 Å². The lowest BCUT2D eigenvalue weighted by Crippen LogP contribution is -2.24. The van der Waals surface area contributed by atoms with Crippen molar-refractivity contribution in [1.82, 2.24) is 20.1 Å². The van der Waals surface area contributed by atoms with Crippen LogP contribution in [0.2, 0.25) is 0 Å². The van der Waals surface area contributed by atoms with Crippen LogP contribution in [0.15, 0.2) is 23.4 Å². The number of rotatable bonds is 10. The van der Waals surface area contributed by atoms with Crippen molar-refractivity contribution in [1.29, 1.82) is 0 Å². The Kier molecular flexibility index (Phi) is 6.71. The van der Waals surface area contributed by atoms with Gasteiger partial charge in [-0.1, -0.05) is 17.8 Å². The van der Waals surface area contributed by atoms with Gasteiger partial charge in [0.05, 0.1) is 12.9 Å². The summed E-state index contributed by atoms with van der Waals surface area (Å²) in [5, 5.41) is 12.0. The van der Waals surface area contributed by atoms with Crippen LogP contribution in [0.1, 0.15) is 37.1 Å². The molecule has 0 unspecified atom stereocenters. The molecule has 10 heteroatoms. The largest absolute Gasteiger partial charge is 0.493 e. The van der Waals surface area contributed by atoms with E-state index in [0.29, 0.717) is 11.5 Å². The lowest BCUT2D eigenvalue weighted by molar-refractivity contribution is -0.118. The second-order valence-electron chi connectivity index (χ2n) is 6.29. The molecule has 0 radical (unpaired) electrons. The molecule has 1 saturated carbocycles. The number of nitrogens with zero attached hydrogens (tertiary/aromatic N) is 3. The van der Waals surface area contributed by atoms with E-state index >= 15 is 0 Å². The van der Waals surface area contributed by atoms with Crippen LogP contribution in [-0.4, -0.2) is 40.1 Å². The van der Waals surface area contributed by atoms with Crippen molar-refractivity contribution in [3.8, 4) is 11.5 Å². The average Bonchev–Trinajstić information content (AvgIpc) is 3.44. The highest BCUT2D eigenvalue weighted by Gasteiger charge is 2.30. The molecule has 1 aromatic carbocycles. The van der Waals surface area contributed by atoms with Crippen molar-refractivity contribution in [2.24, 2.45) is 0 Å². The van der Waals surface area contributed by atoms with Gasteiger partial charge in [-0.2, -0.15) is 8.78 Å². The van der Waals surface area contributed by atoms with Crippen molar-refractivity contribution in [3.63, 3.8) is 0 Å². The van der Waals surface area contributed by atoms with Gasteiger partial charge in [0.25, 0.3) is 0 Å². The molecule has 3 rings (SSSR count). The zero-order chi connectivity index (χ0) is 20.1. The summed E-state index contributed by atoms with van der Waals surface area (Å²) in [5.41, 5.74) is 0.713. The van der Waals surface area contributed by atoms with Gasteiger partial charge >= 0.3 is 6.61 Å². The predicted molar refractivity (Wildman–Crippen MR) is 99.9 cm³/mol. The van der Waals surface area contributed by atoms with Crippen LogP contribution in [0.3, 0.4) is 0 Å². The van der Waals surface area contributed by atoms with Crippen LogP contribution in [0, 0.1) is 0 Å². The molecule has 1 amide bonds. The number of thioether (sulfide) groups is 1. The quantitative estimate of drug-likeness (QED) is 0.604. The van der Waals surface area contributed by atoms with E-state index in [4.69, 9.17) is 4.74 Å². The van der Waals surface area contributed by atoms with E-state index < -0.39 is 6.61 Å². The summed E-state index contributed by atoms with van der Waals surface area (Å²) >= 11 is 1.35. The number of benzene rings is 1. The van der Waals surface area contributed by atoms with Gasteiger partial charge in [0.2, 0.25) is 5.91 Å². The maximum absolute atomic E-state index is 12.4. The lowest BCUT2D eigenvalue weighted by atomic mass is 10.2. The number of ether oxygens (including phenoxy) is 2. The van der Waals surface area contributed by atoms with Crippen LogP contribution < -0.4 is 14.8 Å². The number of hydrogen-bond acceptors (Lipinski definition) is 6. The number of methoxy groups -OCH3 is 1. The molecule has 0 bridgehead atoms. The highest BCUT2D eigenvalue weighted by molar-refractivity contribution is 7.99. The molecule has 0 saturated heterocycles. The minimum absolute atomic E-state index is 0.0477. The molecular weight excluding hydrogens is 390 g/mol. The van der Waals surface area contributed by atoms with Crippen molar-refractivity contribution in [3.05, 3.63) is 29.6 Å². The fourth-order valence-corrected chi connectivity index (χ4v) is 3.58. The van der Waals surface area contributed by atoms with Gasteiger partial charge < -0.3 is 19.4 Å². The zero-order valence-electron chi connectivity index (χ0n) is 15.7. The van der Waals surface area contributed by atoms with Gasteiger partial charge in [0.15, 0.2) is 16.7 Å². The van der Waals surface area contributed by atoms with E-state index in [1.54, 1.807) is 12.1 Å². The third-order valence-corrected chi connectivity index (χ3v) is 5.24. The first-order chi connectivity index (χ1) is 13.5. The molecule has 0 spiro atoms. The summed E-state index contributed by atoms with van der Waals surface area (Å²) in [4.78, 5) is 12.2. The highest BCUT2D eigenvalue weighted by Crippen LogP contribution is 2.40. The summed E-state index contributed by atoms with van der Waals surface area (Å²) in [6, 6.07) is 4.55. The lowest BCUT2D eigenvalue weighted by Gasteiger charge is -2.12. The van der Waals surface area contributed by atoms with Gasteiger partial charge in [-0.05, 0) is 37.5 Å². The SMILES string of the molecule is CCn1c(SCC(=O)NCc2ccc(OC(F)F)c(OC)c2)nnc1C1CC1. The number of hydrogen-bond donors (Lipinski definition) is 1. The van der Waals surface area contributed by atoms with Crippen LogP contribution in [0.25, 0.3) is 0 Å². The number of carbonyl (C=O) groups excluding carboxylic acids is 1. The van der Waals surface area contributed by atoms with Crippen LogP contribution in [0.5, 0.6) is 11.5 Å². The van der Waals surface area contributed by atoms with Gasteiger partial charge in [-0.25, -0.2) is 0 Å². The van der Waals surface area contributed by atoms with E-state index in [1.807, 2.05) is 6.92 Å². The number of aromatic nitrogens is 3. The second-order valence-corrected chi connectivity index (χ2v) is 7.23. The number of nitrogens with one attached hydrogen (secondary N) is 1. The third-order valence-electron chi connectivity index (χ3n) is 4.27. The highest BCUT2D eigenvalue weighted by atomic mass is 32.2. The summed E-state index contributed by atoms with van der Waals surface area (Å²) in [6.07, 6.45) is 2.29. The predicted octanol–water partition coefficient (Wildman–Crippen LogP) is 3.19. The van der Waals surface area contributed by atoms with E-state index in [1.165, 1.54) is 24.9 Å². The second kappa shape index (κ2) is 9.22. The summed E-state index contributed by atoms with van der Waals surface area (Å²) in [6.45, 7) is 0.129. The zero-order valence-corrected chi connectivity index (χ0v) is 16.5. The molecule has 1 N–H and O–H groups in total. The molecule has 28 heavy (non-hydrogen) atoms. The number of halogens is 2. The first-order valence-electron chi connectivity index (χ1n) is 8.96. The fourth-order valence-electron chi connectivity index (χ4n) is 2.74.